The van der Waals surface area contributed by atoms with E-state index in [1.807, 2.05) is 49.1 Å². The van der Waals surface area contributed by atoms with E-state index in [4.69, 9.17) is 0 Å². The molecule has 1 aliphatic heterocycles. The summed E-state index contributed by atoms with van der Waals surface area (Å²) < 4.78 is 0. The fourth-order valence-corrected chi connectivity index (χ4v) is 3.18. The maximum Gasteiger partial charge on any atom is 0.290 e. The van der Waals surface area contributed by atoms with Crippen molar-refractivity contribution in [2.24, 2.45) is 0 Å². The second kappa shape index (κ2) is 5.44. The molecule has 4 nitrogen and oxygen atoms in total. The maximum absolute atomic E-state index is 12.2. The molecule has 1 heterocycles. The first-order chi connectivity index (χ1) is 8.69. The Morgan fingerprint density at radius 2 is 1.89 bits per heavy atom. The van der Waals surface area contributed by atoms with Crippen molar-refractivity contribution in [3.63, 3.8) is 0 Å². The standard InChI is InChI=1S/C13H16N2O2S/c1-3-14(10-8-6-5-7-9-10)12-11(16)15(4-2)13(17)18-12/h5-9,12H,3-4H2,1-2H3. The summed E-state index contributed by atoms with van der Waals surface area (Å²) in [5, 5.41) is -0.577. The Morgan fingerprint density at radius 1 is 1.22 bits per heavy atom. The summed E-state index contributed by atoms with van der Waals surface area (Å²) in [7, 11) is 0. The average molecular weight is 264 g/mol. The summed E-state index contributed by atoms with van der Waals surface area (Å²) in [5.41, 5.74) is 0.969. The van der Waals surface area contributed by atoms with Crippen molar-refractivity contribution in [1.82, 2.24) is 4.90 Å². The summed E-state index contributed by atoms with van der Waals surface area (Å²) in [4.78, 5) is 27.1. The van der Waals surface area contributed by atoms with Gasteiger partial charge in [-0.25, -0.2) is 0 Å². The van der Waals surface area contributed by atoms with Crippen molar-refractivity contribution in [2.75, 3.05) is 18.0 Å². The van der Waals surface area contributed by atoms with E-state index in [9.17, 15) is 9.59 Å². The molecule has 5 heteroatoms. The molecule has 18 heavy (non-hydrogen) atoms. The summed E-state index contributed by atoms with van der Waals surface area (Å²) in [6, 6.07) is 9.71. The number of amides is 2. The Morgan fingerprint density at radius 3 is 2.39 bits per heavy atom. The molecule has 0 bridgehead atoms. The highest BCUT2D eigenvalue weighted by Gasteiger charge is 2.41. The van der Waals surface area contributed by atoms with Crippen LogP contribution in [0.5, 0.6) is 0 Å². The Bertz CT molecular complexity index is 450. The highest BCUT2D eigenvalue weighted by atomic mass is 32.2. The summed E-state index contributed by atoms with van der Waals surface area (Å²) in [6.45, 7) is 4.93. The smallest absolute Gasteiger partial charge is 0.290 e. The van der Waals surface area contributed by atoms with Gasteiger partial charge in [-0.3, -0.25) is 14.5 Å². The first-order valence-corrected chi connectivity index (χ1v) is 6.90. The largest absolute Gasteiger partial charge is 0.351 e. The van der Waals surface area contributed by atoms with Crippen LogP contribution in [0, 0.1) is 0 Å². The molecule has 0 saturated carbocycles. The molecule has 0 aliphatic carbocycles. The van der Waals surface area contributed by atoms with Gasteiger partial charge in [0, 0.05) is 18.8 Å². The van der Waals surface area contributed by atoms with Gasteiger partial charge in [-0.1, -0.05) is 18.2 Å². The number of imide groups is 1. The topological polar surface area (TPSA) is 40.6 Å². The van der Waals surface area contributed by atoms with Gasteiger partial charge in [0.2, 0.25) is 0 Å². The number of benzene rings is 1. The van der Waals surface area contributed by atoms with Crippen LogP contribution in [0.25, 0.3) is 0 Å². The van der Waals surface area contributed by atoms with Gasteiger partial charge in [0.1, 0.15) is 0 Å². The minimum Gasteiger partial charge on any atom is -0.351 e. The van der Waals surface area contributed by atoms with Gasteiger partial charge >= 0.3 is 0 Å². The number of thioether (sulfide) groups is 1. The SMILES string of the molecule is CCN1C(=O)SC(N(CC)c2ccccc2)C1=O. The zero-order valence-electron chi connectivity index (χ0n) is 10.5. The molecular weight excluding hydrogens is 248 g/mol. The van der Waals surface area contributed by atoms with Crippen molar-refractivity contribution in [3.05, 3.63) is 30.3 Å². The molecule has 1 aromatic carbocycles. The van der Waals surface area contributed by atoms with E-state index in [1.54, 1.807) is 0 Å². The fourth-order valence-electron chi connectivity index (χ4n) is 2.02. The number of carbonyl (C=O) groups excluding carboxylic acids is 2. The van der Waals surface area contributed by atoms with Gasteiger partial charge in [-0.2, -0.15) is 0 Å². The van der Waals surface area contributed by atoms with Gasteiger partial charge in [-0.05, 0) is 37.7 Å². The Balaban J connectivity index is 2.25. The van der Waals surface area contributed by atoms with Crippen LogP contribution in [0.15, 0.2) is 30.3 Å². The first-order valence-electron chi connectivity index (χ1n) is 6.02. The number of rotatable bonds is 4. The Hall–Kier alpha value is -1.49. The minimum atomic E-state index is -0.426. The lowest BCUT2D eigenvalue weighted by Crippen LogP contribution is -2.41. The van der Waals surface area contributed by atoms with Gasteiger partial charge in [0.15, 0.2) is 5.37 Å². The van der Waals surface area contributed by atoms with Crippen LogP contribution in [0.3, 0.4) is 0 Å². The zero-order chi connectivity index (χ0) is 13.1. The third-order valence-corrected chi connectivity index (χ3v) is 4.04. The highest BCUT2D eigenvalue weighted by molar-refractivity contribution is 8.15. The minimum absolute atomic E-state index is 0.113. The van der Waals surface area contributed by atoms with E-state index in [0.717, 1.165) is 17.4 Å². The molecular formula is C13H16N2O2S. The van der Waals surface area contributed by atoms with E-state index in [2.05, 4.69) is 0 Å². The molecule has 0 N–H and O–H groups in total. The van der Waals surface area contributed by atoms with Crippen LogP contribution in [0.1, 0.15) is 13.8 Å². The first kappa shape index (κ1) is 13.0. The normalized spacial score (nSPS) is 19.4. The van der Waals surface area contributed by atoms with Gasteiger partial charge in [-0.15, -0.1) is 0 Å². The molecule has 1 fully saturated rings. The lowest BCUT2D eigenvalue weighted by Gasteiger charge is -2.27. The monoisotopic (exact) mass is 264 g/mol. The van der Waals surface area contributed by atoms with Crippen molar-refractivity contribution in [3.8, 4) is 0 Å². The maximum atomic E-state index is 12.2. The number of nitrogens with zero attached hydrogens (tertiary/aromatic N) is 2. The lowest BCUT2D eigenvalue weighted by atomic mass is 10.3. The lowest BCUT2D eigenvalue weighted by molar-refractivity contribution is -0.126. The Labute approximate surface area is 111 Å². The molecule has 2 amide bonds. The van der Waals surface area contributed by atoms with E-state index in [-0.39, 0.29) is 11.1 Å². The number of likely N-dealkylation sites (N-methyl/N-ethyl adjacent to an activating group) is 2. The van der Waals surface area contributed by atoms with Crippen LogP contribution < -0.4 is 4.90 Å². The fraction of sp³-hybridized carbons (Fsp3) is 0.385. The van der Waals surface area contributed by atoms with Crippen LogP contribution in [0.4, 0.5) is 10.5 Å². The predicted octanol–water partition coefficient (Wildman–Crippen LogP) is 2.55. The molecule has 0 aromatic heterocycles. The van der Waals surface area contributed by atoms with E-state index in [0.29, 0.717) is 13.1 Å². The number of anilines is 1. The molecule has 1 saturated heterocycles. The van der Waals surface area contributed by atoms with Crippen molar-refractivity contribution in [2.45, 2.75) is 19.2 Å². The van der Waals surface area contributed by atoms with Gasteiger partial charge < -0.3 is 4.90 Å². The van der Waals surface area contributed by atoms with Crippen LogP contribution in [0.2, 0.25) is 0 Å². The van der Waals surface area contributed by atoms with Crippen molar-refractivity contribution in [1.29, 1.82) is 0 Å². The molecule has 1 unspecified atom stereocenters. The van der Waals surface area contributed by atoms with Crippen LogP contribution in [-0.2, 0) is 4.79 Å². The molecule has 0 spiro atoms. The Kier molecular flexibility index (Phi) is 3.91. The number of hydrogen-bond acceptors (Lipinski definition) is 4. The summed E-state index contributed by atoms with van der Waals surface area (Å²) >= 11 is 1.10. The second-order valence-corrected chi connectivity index (χ2v) is 4.97. The van der Waals surface area contributed by atoms with Crippen LogP contribution >= 0.6 is 11.8 Å². The highest BCUT2D eigenvalue weighted by Crippen LogP contribution is 2.32. The number of para-hydroxylation sites is 1. The number of hydrogen-bond donors (Lipinski definition) is 0. The third kappa shape index (κ3) is 2.22. The third-order valence-electron chi connectivity index (χ3n) is 2.94. The zero-order valence-corrected chi connectivity index (χ0v) is 11.3. The molecule has 2 rings (SSSR count). The van der Waals surface area contributed by atoms with Gasteiger partial charge in [0.25, 0.3) is 11.1 Å². The predicted molar refractivity (Wildman–Crippen MR) is 73.6 cm³/mol. The quantitative estimate of drug-likeness (QED) is 0.838. The second-order valence-electron chi connectivity index (χ2n) is 3.94. The summed E-state index contributed by atoms with van der Waals surface area (Å²) in [6.07, 6.45) is 0. The average Bonchev–Trinajstić information content (AvgIpc) is 2.67. The van der Waals surface area contributed by atoms with E-state index >= 15 is 0 Å². The van der Waals surface area contributed by atoms with E-state index in [1.165, 1.54) is 4.90 Å². The molecule has 1 aliphatic rings. The molecule has 1 aromatic rings. The van der Waals surface area contributed by atoms with Crippen molar-refractivity contribution < 1.29 is 9.59 Å². The molecule has 96 valence electrons. The molecule has 1 atom stereocenters. The van der Waals surface area contributed by atoms with Crippen LogP contribution in [-0.4, -0.2) is 34.5 Å². The van der Waals surface area contributed by atoms with Gasteiger partial charge in [0.05, 0.1) is 0 Å². The molecule has 0 radical (unpaired) electrons. The van der Waals surface area contributed by atoms with E-state index < -0.39 is 5.37 Å². The summed E-state index contributed by atoms with van der Waals surface area (Å²) in [5.74, 6) is -0.113. The number of carbonyl (C=O) groups is 2. The van der Waals surface area contributed by atoms with Crippen molar-refractivity contribution >= 4 is 28.6 Å².